The molecule has 2 aliphatic heterocycles. The summed E-state index contributed by atoms with van der Waals surface area (Å²) in [6.07, 6.45) is 0.980. The van der Waals surface area contributed by atoms with Gasteiger partial charge in [-0.15, -0.1) is 0 Å². The molecule has 118 valence electrons. The first-order chi connectivity index (χ1) is 10.5. The Morgan fingerprint density at radius 1 is 1.23 bits per heavy atom. The van der Waals surface area contributed by atoms with Gasteiger partial charge in [-0.25, -0.2) is 0 Å². The highest BCUT2D eigenvalue weighted by atomic mass is 16.2. The Hall–Kier alpha value is -1.88. The highest BCUT2D eigenvalue weighted by molar-refractivity contribution is 5.98. The number of benzene rings is 1. The lowest BCUT2D eigenvalue weighted by Gasteiger charge is -2.33. The molecule has 1 amide bonds. The van der Waals surface area contributed by atoms with Crippen LogP contribution in [0.1, 0.15) is 29.8 Å². The highest BCUT2D eigenvalue weighted by Crippen LogP contribution is 2.26. The van der Waals surface area contributed by atoms with Gasteiger partial charge in [-0.2, -0.15) is 0 Å². The average molecular weight is 301 g/mol. The second kappa shape index (κ2) is 6.08. The zero-order valence-corrected chi connectivity index (χ0v) is 13.3. The zero-order valence-electron chi connectivity index (χ0n) is 13.3. The summed E-state index contributed by atoms with van der Waals surface area (Å²) >= 11 is 0. The van der Waals surface area contributed by atoms with Crippen molar-refractivity contribution in [3.8, 4) is 0 Å². The van der Waals surface area contributed by atoms with Crippen molar-refractivity contribution in [3.05, 3.63) is 29.3 Å². The summed E-state index contributed by atoms with van der Waals surface area (Å²) in [5.74, 6) is 0.282. The van der Waals surface area contributed by atoms with E-state index in [9.17, 15) is 9.59 Å². The Balaban J connectivity index is 1.59. The van der Waals surface area contributed by atoms with Crippen LogP contribution in [-0.2, 0) is 11.2 Å². The Bertz CT molecular complexity index is 592. The van der Waals surface area contributed by atoms with E-state index in [0.717, 1.165) is 30.8 Å². The van der Waals surface area contributed by atoms with Gasteiger partial charge in [0.2, 0.25) is 5.91 Å². The van der Waals surface area contributed by atoms with Crippen molar-refractivity contribution >= 4 is 17.4 Å². The van der Waals surface area contributed by atoms with Crippen LogP contribution in [0.25, 0.3) is 0 Å². The fraction of sp³-hybridized carbons (Fsp3) is 0.529. The van der Waals surface area contributed by atoms with E-state index in [1.165, 1.54) is 5.56 Å². The number of nitrogens with one attached hydrogen (secondary N) is 1. The van der Waals surface area contributed by atoms with Gasteiger partial charge in [-0.05, 0) is 37.1 Å². The van der Waals surface area contributed by atoms with E-state index in [2.05, 4.69) is 17.1 Å². The molecular formula is C17H23N3O2. The van der Waals surface area contributed by atoms with Crippen molar-refractivity contribution in [2.75, 3.05) is 38.0 Å². The van der Waals surface area contributed by atoms with E-state index >= 15 is 0 Å². The summed E-state index contributed by atoms with van der Waals surface area (Å²) in [6, 6.07) is 6.40. The number of amides is 1. The topological polar surface area (TPSA) is 52.7 Å². The quantitative estimate of drug-likeness (QED) is 0.857. The van der Waals surface area contributed by atoms with E-state index in [4.69, 9.17) is 0 Å². The third-order valence-corrected chi connectivity index (χ3v) is 4.54. The second-order valence-corrected chi connectivity index (χ2v) is 6.33. The Kier molecular flexibility index (Phi) is 4.16. The smallest absolute Gasteiger partial charge is 0.219 e. The Morgan fingerprint density at radius 3 is 2.64 bits per heavy atom. The summed E-state index contributed by atoms with van der Waals surface area (Å²) in [6.45, 7) is 7.16. The molecule has 0 aliphatic carbocycles. The maximum absolute atomic E-state index is 12.5. The zero-order chi connectivity index (χ0) is 15.7. The van der Waals surface area contributed by atoms with Gasteiger partial charge >= 0.3 is 0 Å². The number of carbonyl (C=O) groups excluding carboxylic acids is 2. The standard InChI is InChI=1S/C17H23N3O2/c1-12-9-15-10-14(3-4-16(15)18-12)17(22)11-19-5-7-20(8-6-19)13(2)21/h3-4,10,12,18H,5-9,11H2,1-2H3. The summed E-state index contributed by atoms with van der Waals surface area (Å²) in [5.41, 5.74) is 3.18. The van der Waals surface area contributed by atoms with E-state index in [-0.39, 0.29) is 11.7 Å². The molecule has 0 spiro atoms. The van der Waals surface area contributed by atoms with Gasteiger partial charge in [0.15, 0.2) is 5.78 Å². The van der Waals surface area contributed by atoms with Crippen LogP contribution in [0.5, 0.6) is 0 Å². The largest absolute Gasteiger partial charge is 0.382 e. The van der Waals surface area contributed by atoms with Gasteiger partial charge in [0.1, 0.15) is 0 Å². The van der Waals surface area contributed by atoms with Gasteiger partial charge in [-0.3, -0.25) is 14.5 Å². The molecule has 3 rings (SSSR count). The lowest BCUT2D eigenvalue weighted by Crippen LogP contribution is -2.49. The molecule has 1 unspecified atom stereocenters. The average Bonchev–Trinajstić information content (AvgIpc) is 2.86. The molecule has 1 aromatic carbocycles. The van der Waals surface area contributed by atoms with Crippen LogP contribution in [0.4, 0.5) is 5.69 Å². The maximum atomic E-state index is 12.5. The first kappa shape index (κ1) is 15.0. The lowest BCUT2D eigenvalue weighted by molar-refractivity contribution is -0.130. The molecule has 0 aromatic heterocycles. The predicted molar refractivity (Wildman–Crippen MR) is 86.3 cm³/mol. The molecule has 5 heteroatoms. The molecule has 1 N–H and O–H groups in total. The normalized spacial score (nSPS) is 21.4. The number of nitrogens with zero attached hydrogens (tertiary/aromatic N) is 2. The minimum atomic E-state index is 0.117. The van der Waals surface area contributed by atoms with E-state index in [1.54, 1.807) is 6.92 Å². The number of Topliss-reactive ketones (excluding diaryl/α,β-unsaturated/α-hetero) is 1. The molecule has 1 saturated heterocycles. The van der Waals surface area contributed by atoms with E-state index < -0.39 is 0 Å². The number of hydrogen-bond acceptors (Lipinski definition) is 4. The van der Waals surface area contributed by atoms with Crippen molar-refractivity contribution in [2.24, 2.45) is 0 Å². The minimum absolute atomic E-state index is 0.117. The van der Waals surface area contributed by atoms with Gasteiger partial charge in [0, 0.05) is 50.4 Å². The molecule has 1 atom stereocenters. The summed E-state index contributed by atoms with van der Waals surface area (Å²) in [7, 11) is 0. The lowest BCUT2D eigenvalue weighted by atomic mass is 10.0. The van der Waals surface area contributed by atoms with Gasteiger partial charge in [0.25, 0.3) is 0 Å². The van der Waals surface area contributed by atoms with Crippen LogP contribution in [0.3, 0.4) is 0 Å². The maximum Gasteiger partial charge on any atom is 0.219 e. The van der Waals surface area contributed by atoms with E-state index in [0.29, 0.717) is 25.7 Å². The van der Waals surface area contributed by atoms with E-state index in [1.807, 2.05) is 23.1 Å². The van der Waals surface area contributed by atoms with Crippen LogP contribution in [0.2, 0.25) is 0 Å². The highest BCUT2D eigenvalue weighted by Gasteiger charge is 2.22. The number of ketones is 1. The van der Waals surface area contributed by atoms with Gasteiger partial charge in [0.05, 0.1) is 6.54 Å². The van der Waals surface area contributed by atoms with Crippen molar-refractivity contribution < 1.29 is 9.59 Å². The third-order valence-electron chi connectivity index (χ3n) is 4.54. The molecule has 22 heavy (non-hydrogen) atoms. The van der Waals surface area contributed by atoms with Crippen molar-refractivity contribution in [2.45, 2.75) is 26.3 Å². The molecule has 0 saturated carbocycles. The predicted octanol–water partition coefficient (Wildman–Crippen LogP) is 1.39. The molecule has 0 bridgehead atoms. The fourth-order valence-electron chi connectivity index (χ4n) is 3.24. The second-order valence-electron chi connectivity index (χ2n) is 6.33. The Morgan fingerprint density at radius 2 is 1.95 bits per heavy atom. The van der Waals surface area contributed by atoms with Crippen LogP contribution < -0.4 is 5.32 Å². The van der Waals surface area contributed by atoms with Gasteiger partial charge < -0.3 is 10.2 Å². The molecule has 2 aliphatic rings. The number of hydrogen-bond donors (Lipinski definition) is 1. The van der Waals surface area contributed by atoms with Crippen LogP contribution >= 0.6 is 0 Å². The number of rotatable bonds is 3. The Labute approximate surface area is 131 Å². The fourth-order valence-corrected chi connectivity index (χ4v) is 3.24. The monoisotopic (exact) mass is 301 g/mol. The summed E-state index contributed by atoms with van der Waals surface area (Å²) in [4.78, 5) is 27.8. The van der Waals surface area contributed by atoms with Crippen LogP contribution in [0, 0.1) is 0 Å². The number of anilines is 1. The molecule has 2 heterocycles. The number of piperazine rings is 1. The van der Waals surface area contributed by atoms with Crippen molar-refractivity contribution in [1.82, 2.24) is 9.80 Å². The third kappa shape index (κ3) is 3.14. The summed E-state index contributed by atoms with van der Waals surface area (Å²) in [5, 5.41) is 3.40. The molecular weight excluding hydrogens is 278 g/mol. The van der Waals surface area contributed by atoms with Crippen molar-refractivity contribution in [1.29, 1.82) is 0 Å². The van der Waals surface area contributed by atoms with Gasteiger partial charge in [-0.1, -0.05) is 0 Å². The number of fused-ring (bicyclic) bond motifs is 1. The molecule has 5 nitrogen and oxygen atoms in total. The van der Waals surface area contributed by atoms with Crippen molar-refractivity contribution in [3.63, 3.8) is 0 Å². The first-order valence-corrected chi connectivity index (χ1v) is 7.93. The molecule has 0 radical (unpaired) electrons. The molecule has 1 fully saturated rings. The molecule has 1 aromatic rings. The number of carbonyl (C=O) groups is 2. The SMILES string of the molecule is CC(=O)N1CCN(CC(=O)c2ccc3c(c2)CC(C)N3)CC1. The minimum Gasteiger partial charge on any atom is -0.382 e. The first-order valence-electron chi connectivity index (χ1n) is 7.93. The van der Waals surface area contributed by atoms with Crippen LogP contribution in [0.15, 0.2) is 18.2 Å². The summed E-state index contributed by atoms with van der Waals surface area (Å²) < 4.78 is 0. The van der Waals surface area contributed by atoms with Crippen LogP contribution in [-0.4, -0.2) is 60.3 Å².